The van der Waals surface area contributed by atoms with Crippen molar-refractivity contribution in [2.24, 2.45) is 0 Å². The van der Waals surface area contributed by atoms with E-state index in [1.165, 1.54) is 0 Å². The van der Waals surface area contributed by atoms with Crippen LogP contribution < -0.4 is 5.32 Å². The monoisotopic (exact) mass is 296 g/mol. The molecular weight excluding hydrogens is 280 g/mol. The number of aromatic nitrogens is 1. The lowest BCUT2D eigenvalue weighted by Crippen LogP contribution is -2.29. The second-order valence-electron chi connectivity index (χ2n) is 4.74. The van der Waals surface area contributed by atoms with Crippen LogP contribution in [0.3, 0.4) is 0 Å². The minimum absolute atomic E-state index is 0.266. The highest BCUT2D eigenvalue weighted by atomic mass is 35.5. The number of halogens is 1. The van der Waals surface area contributed by atoms with E-state index in [-0.39, 0.29) is 6.04 Å². The molecule has 0 spiro atoms. The highest BCUT2D eigenvalue weighted by molar-refractivity contribution is 6.29. The normalized spacial score (nSPS) is 20.2. The molecule has 1 aliphatic rings. The van der Waals surface area contributed by atoms with Gasteiger partial charge in [0.2, 0.25) is 0 Å². The average molecular weight is 297 g/mol. The van der Waals surface area contributed by atoms with Crippen LogP contribution in [0.25, 0.3) is 0 Å². The highest BCUT2D eigenvalue weighted by Gasteiger charge is 2.29. The summed E-state index contributed by atoms with van der Waals surface area (Å²) < 4.78 is 0. The third-order valence-electron chi connectivity index (χ3n) is 3.26. The van der Waals surface area contributed by atoms with Gasteiger partial charge in [-0.05, 0) is 18.1 Å². The van der Waals surface area contributed by atoms with Crippen molar-refractivity contribution < 1.29 is 4.92 Å². The topological polar surface area (TPSA) is 71.3 Å². The van der Waals surface area contributed by atoms with Crippen molar-refractivity contribution in [3.63, 3.8) is 0 Å². The van der Waals surface area contributed by atoms with Crippen molar-refractivity contribution >= 4 is 11.6 Å². The number of nitrogens with one attached hydrogen (secondary N) is 1. The summed E-state index contributed by atoms with van der Waals surface area (Å²) in [6.07, 6.45) is 4.75. The lowest BCUT2D eigenvalue weighted by molar-refractivity contribution is -0.404. The first-order valence-corrected chi connectivity index (χ1v) is 6.94. The molecule has 20 heavy (non-hydrogen) atoms. The predicted octanol–water partition coefficient (Wildman–Crippen LogP) is 2.38. The maximum Gasteiger partial charge on any atom is 0.274 e. The predicted molar refractivity (Wildman–Crippen MR) is 76.6 cm³/mol. The van der Waals surface area contributed by atoms with E-state index in [4.69, 9.17) is 11.6 Å². The Bertz CT molecular complexity index is 504. The highest BCUT2D eigenvalue weighted by Crippen LogP contribution is 2.22. The summed E-state index contributed by atoms with van der Waals surface area (Å²) >= 11 is 5.77. The molecule has 0 bridgehead atoms. The van der Waals surface area contributed by atoms with Crippen molar-refractivity contribution in [1.29, 1.82) is 0 Å². The summed E-state index contributed by atoms with van der Waals surface area (Å²) in [4.78, 5) is 16.3. The maximum absolute atomic E-state index is 10.7. The molecule has 1 atom stereocenters. The molecule has 0 radical (unpaired) electrons. The fourth-order valence-corrected chi connectivity index (χ4v) is 2.46. The smallest absolute Gasteiger partial charge is 0.274 e. The molecule has 0 aliphatic carbocycles. The van der Waals surface area contributed by atoms with Gasteiger partial charge in [-0.1, -0.05) is 31.0 Å². The Morgan fingerprint density at radius 1 is 1.65 bits per heavy atom. The largest absolute Gasteiger partial charge is 0.365 e. The van der Waals surface area contributed by atoms with Crippen molar-refractivity contribution in [2.75, 3.05) is 6.54 Å². The zero-order valence-corrected chi connectivity index (χ0v) is 12.0. The summed E-state index contributed by atoms with van der Waals surface area (Å²) in [5, 5.41) is 14.2. The van der Waals surface area contributed by atoms with Crippen molar-refractivity contribution in [3.05, 3.63) is 51.2 Å². The molecule has 0 unspecified atom stereocenters. The van der Waals surface area contributed by atoms with Gasteiger partial charge in [0.15, 0.2) is 5.82 Å². The molecule has 1 aromatic heterocycles. The van der Waals surface area contributed by atoms with Gasteiger partial charge in [-0.3, -0.25) is 10.1 Å². The molecule has 2 rings (SSSR count). The Kier molecular flexibility index (Phi) is 4.79. The van der Waals surface area contributed by atoms with E-state index in [1.54, 1.807) is 12.3 Å². The lowest BCUT2D eigenvalue weighted by Gasteiger charge is -2.24. The van der Waals surface area contributed by atoms with E-state index < -0.39 is 4.92 Å². The fourth-order valence-electron chi connectivity index (χ4n) is 2.35. The van der Waals surface area contributed by atoms with Crippen LogP contribution in [0.1, 0.15) is 25.3 Å². The standard InChI is InChI=1S/C13H17ClN4O2/c1-2-3-11-7-16-13(9-18(19)20)17(11)8-10-4-5-12(14)15-6-10/h4-6,9,11,16H,2-3,7-8H2,1H3/b13-9+/t11-/m1/s1. The molecule has 0 saturated carbocycles. The van der Waals surface area contributed by atoms with Gasteiger partial charge in [0.25, 0.3) is 6.20 Å². The van der Waals surface area contributed by atoms with Crippen molar-refractivity contribution in [1.82, 2.24) is 15.2 Å². The van der Waals surface area contributed by atoms with Crippen molar-refractivity contribution in [2.45, 2.75) is 32.4 Å². The summed E-state index contributed by atoms with van der Waals surface area (Å²) in [7, 11) is 0. The van der Waals surface area contributed by atoms with Gasteiger partial charge in [-0.25, -0.2) is 4.98 Å². The summed E-state index contributed by atoms with van der Waals surface area (Å²) in [5.74, 6) is 0.559. The second-order valence-corrected chi connectivity index (χ2v) is 5.13. The average Bonchev–Trinajstić information content (AvgIpc) is 2.75. The molecule has 1 N–H and O–H groups in total. The lowest BCUT2D eigenvalue weighted by atomic mass is 10.1. The summed E-state index contributed by atoms with van der Waals surface area (Å²) in [5.41, 5.74) is 0.980. The fraction of sp³-hybridized carbons (Fsp3) is 0.462. The number of hydrogen-bond acceptors (Lipinski definition) is 5. The van der Waals surface area contributed by atoms with Gasteiger partial charge in [-0.2, -0.15) is 0 Å². The molecule has 7 heteroatoms. The van der Waals surface area contributed by atoms with Crippen LogP contribution in [-0.2, 0) is 6.54 Å². The summed E-state index contributed by atoms with van der Waals surface area (Å²) in [6.45, 7) is 3.42. The molecule has 2 heterocycles. The molecule has 108 valence electrons. The quantitative estimate of drug-likeness (QED) is 0.513. The van der Waals surface area contributed by atoms with Crippen molar-refractivity contribution in [3.8, 4) is 0 Å². The minimum Gasteiger partial charge on any atom is -0.365 e. The van der Waals surface area contributed by atoms with Crippen LogP contribution in [0.15, 0.2) is 30.4 Å². The van der Waals surface area contributed by atoms with E-state index >= 15 is 0 Å². The maximum atomic E-state index is 10.7. The number of nitrogens with zero attached hydrogens (tertiary/aromatic N) is 3. The Labute approximate surface area is 122 Å². The molecule has 1 aliphatic heterocycles. The molecular formula is C13H17ClN4O2. The molecule has 1 saturated heterocycles. The molecule has 6 nitrogen and oxygen atoms in total. The summed E-state index contributed by atoms with van der Waals surface area (Å²) in [6, 6.07) is 3.88. The number of hydrogen-bond donors (Lipinski definition) is 1. The molecule has 1 fully saturated rings. The first-order valence-electron chi connectivity index (χ1n) is 6.56. The van der Waals surface area contributed by atoms with E-state index in [0.717, 1.165) is 31.1 Å². The number of rotatable bonds is 5. The van der Waals surface area contributed by atoms with E-state index in [9.17, 15) is 10.1 Å². The van der Waals surface area contributed by atoms with E-state index in [2.05, 4.69) is 17.2 Å². The Balaban J connectivity index is 2.17. The van der Waals surface area contributed by atoms with Crippen LogP contribution in [-0.4, -0.2) is 27.4 Å². The van der Waals surface area contributed by atoms with Gasteiger partial charge in [0.05, 0.1) is 4.92 Å². The molecule has 1 aromatic rings. The van der Waals surface area contributed by atoms with Gasteiger partial charge in [-0.15, -0.1) is 0 Å². The SMILES string of the molecule is CCC[C@@H]1CN/C(=C\[N+](=O)[O-])N1Cc1ccc(Cl)nc1. The Morgan fingerprint density at radius 2 is 2.45 bits per heavy atom. The van der Waals surface area contributed by atoms with Crippen LogP contribution in [0.4, 0.5) is 0 Å². The van der Waals surface area contributed by atoms with E-state index in [0.29, 0.717) is 17.5 Å². The minimum atomic E-state index is -0.427. The zero-order chi connectivity index (χ0) is 14.5. The first kappa shape index (κ1) is 14.6. The van der Waals surface area contributed by atoms with Gasteiger partial charge in [0, 0.05) is 25.3 Å². The van der Waals surface area contributed by atoms with Crippen LogP contribution in [0.2, 0.25) is 5.15 Å². The zero-order valence-electron chi connectivity index (χ0n) is 11.3. The first-order chi connectivity index (χ1) is 9.60. The molecule has 0 aromatic carbocycles. The van der Waals surface area contributed by atoms with Gasteiger partial charge in [0.1, 0.15) is 5.15 Å². The van der Waals surface area contributed by atoms with Gasteiger partial charge >= 0.3 is 0 Å². The third kappa shape index (κ3) is 3.60. The number of nitro groups is 1. The Morgan fingerprint density at radius 3 is 3.05 bits per heavy atom. The molecule has 0 amide bonds. The van der Waals surface area contributed by atoms with Crippen LogP contribution in [0.5, 0.6) is 0 Å². The number of pyridine rings is 1. The van der Waals surface area contributed by atoms with Gasteiger partial charge < -0.3 is 10.2 Å². The van der Waals surface area contributed by atoms with Crippen LogP contribution in [0, 0.1) is 10.1 Å². The Hall–Kier alpha value is -1.82. The van der Waals surface area contributed by atoms with Crippen LogP contribution >= 0.6 is 11.6 Å². The van der Waals surface area contributed by atoms with E-state index in [1.807, 2.05) is 11.0 Å². The third-order valence-corrected chi connectivity index (χ3v) is 3.48. The second kappa shape index (κ2) is 6.56.